The van der Waals surface area contributed by atoms with E-state index in [1.165, 1.54) is 0 Å². The van der Waals surface area contributed by atoms with Crippen LogP contribution in [-0.2, 0) is 14.3 Å². The van der Waals surface area contributed by atoms with E-state index in [4.69, 9.17) is 9.47 Å². The number of hydrogen-bond acceptors (Lipinski definition) is 3. The van der Waals surface area contributed by atoms with Crippen LogP contribution in [0.2, 0.25) is 0 Å². The van der Waals surface area contributed by atoms with Crippen LogP contribution in [-0.4, -0.2) is 17.5 Å². The third kappa shape index (κ3) is 2.33. The predicted molar refractivity (Wildman–Crippen MR) is 58.3 cm³/mol. The molecule has 15 heavy (non-hydrogen) atoms. The Morgan fingerprint density at radius 3 is 2.27 bits per heavy atom. The Hall–Kier alpha value is -0.990. The molecule has 0 fully saturated rings. The smallest absolute Gasteiger partial charge is 0.240 e. The highest BCUT2D eigenvalue weighted by atomic mass is 16.6. The fourth-order valence-corrected chi connectivity index (χ4v) is 1.49. The van der Waals surface area contributed by atoms with Crippen LogP contribution in [0.15, 0.2) is 11.5 Å². The predicted octanol–water partition coefficient (Wildman–Crippen LogP) is 2.80. The first kappa shape index (κ1) is 12.1. The Labute approximate surface area is 91.4 Å². The van der Waals surface area contributed by atoms with Crippen molar-refractivity contribution < 1.29 is 14.3 Å². The molecule has 0 spiro atoms. The topological polar surface area (TPSA) is 35.5 Å². The first-order valence-electron chi connectivity index (χ1n) is 5.54. The van der Waals surface area contributed by atoms with Gasteiger partial charge in [-0.3, -0.25) is 4.79 Å². The van der Waals surface area contributed by atoms with Crippen molar-refractivity contribution in [2.75, 3.05) is 0 Å². The summed E-state index contributed by atoms with van der Waals surface area (Å²) < 4.78 is 11.1. The molecule has 1 atom stereocenters. The molecular formula is C12H20O3. The van der Waals surface area contributed by atoms with Crippen molar-refractivity contribution in [2.24, 2.45) is 0 Å². The van der Waals surface area contributed by atoms with Crippen LogP contribution >= 0.6 is 0 Å². The van der Waals surface area contributed by atoms with Crippen molar-refractivity contribution in [3.05, 3.63) is 11.5 Å². The molecule has 0 aromatic carbocycles. The molecule has 1 heterocycles. The van der Waals surface area contributed by atoms with Gasteiger partial charge >= 0.3 is 0 Å². The van der Waals surface area contributed by atoms with Crippen molar-refractivity contribution in [1.29, 1.82) is 0 Å². The molecule has 1 rings (SSSR count). The fraction of sp³-hybridized carbons (Fsp3) is 0.750. The average Bonchev–Trinajstić information content (AvgIpc) is 2.45. The van der Waals surface area contributed by atoms with Gasteiger partial charge in [-0.25, -0.2) is 0 Å². The Bertz CT molecular complexity index is 287. The maximum absolute atomic E-state index is 11.7. The van der Waals surface area contributed by atoms with Gasteiger partial charge in [-0.15, -0.1) is 0 Å². The summed E-state index contributed by atoms with van der Waals surface area (Å²) in [5.41, 5.74) is -0.264. The molecule has 0 bridgehead atoms. The highest BCUT2D eigenvalue weighted by Gasteiger charge is 2.35. The molecule has 1 aliphatic rings. The van der Waals surface area contributed by atoms with Crippen LogP contribution in [0.1, 0.15) is 47.5 Å². The van der Waals surface area contributed by atoms with Crippen LogP contribution in [0, 0.1) is 0 Å². The van der Waals surface area contributed by atoms with E-state index in [9.17, 15) is 4.79 Å². The number of carbonyl (C=O) groups excluding carboxylic acids is 1. The van der Waals surface area contributed by atoms with E-state index < -0.39 is 6.10 Å². The minimum atomic E-state index is -0.391. The monoisotopic (exact) mass is 212 g/mol. The molecule has 0 saturated heterocycles. The summed E-state index contributed by atoms with van der Waals surface area (Å²) >= 11 is 0. The molecule has 0 N–H and O–H groups in total. The van der Waals surface area contributed by atoms with Crippen LogP contribution in [0.3, 0.4) is 0 Å². The zero-order valence-electron chi connectivity index (χ0n) is 10.2. The van der Waals surface area contributed by atoms with E-state index in [0.717, 1.165) is 12.8 Å². The lowest BCUT2D eigenvalue weighted by Crippen LogP contribution is -2.29. The maximum atomic E-state index is 11.7. The van der Waals surface area contributed by atoms with E-state index in [-0.39, 0.29) is 11.4 Å². The average molecular weight is 212 g/mol. The summed E-state index contributed by atoms with van der Waals surface area (Å²) in [5.74, 6) is 0.981. The van der Waals surface area contributed by atoms with Gasteiger partial charge in [0.2, 0.25) is 11.5 Å². The Morgan fingerprint density at radius 1 is 1.40 bits per heavy atom. The van der Waals surface area contributed by atoms with Gasteiger partial charge in [0.25, 0.3) is 0 Å². The summed E-state index contributed by atoms with van der Waals surface area (Å²) in [5, 5.41) is 0. The molecule has 3 heteroatoms. The van der Waals surface area contributed by atoms with Crippen molar-refractivity contribution in [3.8, 4) is 0 Å². The number of carbonyl (C=O) groups is 1. The highest BCUT2D eigenvalue weighted by molar-refractivity contribution is 5.99. The van der Waals surface area contributed by atoms with Gasteiger partial charge in [-0.05, 0) is 33.6 Å². The lowest BCUT2D eigenvalue weighted by molar-refractivity contribution is -0.125. The lowest BCUT2D eigenvalue weighted by atomic mass is 10.00. The third-order valence-electron chi connectivity index (χ3n) is 3.11. The van der Waals surface area contributed by atoms with Crippen molar-refractivity contribution in [1.82, 2.24) is 0 Å². The van der Waals surface area contributed by atoms with Gasteiger partial charge in [-0.2, -0.15) is 0 Å². The van der Waals surface area contributed by atoms with Gasteiger partial charge < -0.3 is 9.47 Å². The quantitative estimate of drug-likeness (QED) is 0.718. The van der Waals surface area contributed by atoms with Crippen molar-refractivity contribution in [3.63, 3.8) is 0 Å². The Balaban J connectivity index is 2.82. The SMILES string of the molecule is CCC(C)(CC)OC1=C(C)OC(C)C1=O. The number of hydrogen-bond donors (Lipinski definition) is 0. The zero-order valence-corrected chi connectivity index (χ0v) is 10.2. The summed E-state index contributed by atoms with van der Waals surface area (Å²) in [6.45, 7) is 9.66. The van der Waals surface area contributed by atoms with Crippen LogP contribution < -0.4 is 0 Å². The Morgan fingerprint density at radius 2 is 1.93 bits per heavy atom. The Kier molecular flexibility index (Phi) is 3.42. The van der Waals surface area contributed by atoms with Gasteiger partial charge in [-0.1, -0.05) is 13.8 Å². The van der Waals surface area contributed by atoms with E-state index in [1.54, 1.807) is 13.8 Å². The van der Waals surface area contributed by atoms with Gasteiger partial charge in [0.15, 0.2) is 6.10 Å². The molecule has 1 unspecified atom stereocenters. The molecule has 0 aliphatic carbocycles. The number of allylic oxidation sites excluding steroid dienone is 1. The molecular weight excluding hydrogens is 192 g/mol. The first-order valence-corrected chi connectivity index (χ1v) is 5.54. The largest absolute Gasteiger partial charge is 0.483 e. The van der Waals surface area contributed by atoms with E-state index >= 15 is 0 Å². The van der Waals surface area contributed by atoms with E-state index in [2.05, 4.69) is 13.8 Å². The summed E-state index contributed by atoms with van der Waals surface area (Å²) in [6.07, 6.45) is 1.36. The highest BCUT2D eigenvalue weighted by Crippen LogP contribution is 2.29. The van der Waals surface area contributed by atoms with Gasteiger partial charge in [0.1, 0.15) is 11.4 Å². The molecule has 0 saturated carbocycles. The number of ether oxygens (including phenoxy) is 2. The molecule has 86 valence electrons. The number of Topliss-reactive ketones (excluding diaryl/α,β-unsaturated/α-hetero) is 1. The second kappa shape index (κ2) is 4.25. The summed E-state index contributed by atoms with van der Waals surface area (Å²) in [4.78, 5) is 11.7. The summed E-state index contributed by atoms with van der Waals surface area (Å²) in [6, 6.07) is 0. The lowest BCUT2D eigenvalue weighted by Gasteiger charge is -2.28. The van der Waals surface area contributed by atoms with Crippen LogP contribution in [0.5, 0.6) is 0 Å². The molecule has 0 radical (unpaired) electrons. The minimum Gasteiger partial charge on any atom is -0.483 e. The van der Waals surface area contributed by atoms with Crippen molar-refractivity contribution in [2.45, 2.75) is 59.2 Å². The second-order valence-electron chi connectivity index (χ2n) is 4.27. The van der Waals surface area contributed by atoms with E-state index in [0.29, 0.717) is 11.5 Å². The zero-order chi connectivity index (χ0) is 11.6. The molecule has 1 aliphatic heterocycles. The molecule has 0 aromatic heterocycles. The maximum Gasteiger partial charge on any atom is 0.240 e. The first-order chi connectivity index (χ1) is 6.93. The fourth-order valence-electron chi connectivity index (χ4n) is 1.49. The molecule has 3 nitrogen and oxygen atoms in total. The van der Waals surface area contributed by atoms with Gasteiger partial charge in [0, 0.05) is 0 Å². The summed E-state index contributed by atoms with van der Waals surface area (Å²) in [7, 11) is 0. The minimum absolute atomic E-state index is 0.0411. The van der Waals surface area contributed by atoms with Crippen molar-refractivity contribution >= 4 is 5.78 Å². The number of rotatable bonds is 4. The normalized spacial score (nSPS) is 21.9. The van der Waals surface area contributed by atoms with Crippen LogP contribution in [0.4, 0.5) is 0 Å². The third-order valence-corrected chi connectivity index (χ3v) is 3.11. The molecule has 0 aromatic rings. The second-order valence-corrected chi connectivity index (χ2v) is 4.27. The number of ketones is 1. The molecule has 0 amide bonds. The van der Waals surface area contributed by atoms with Gasteiger partial charge in [0.05, 0.1) is 0 Å². The standard InChI is InChI=1S/C12H20O3/c1-6-12(5,7-2)15-11-9(4)14-8(3)10(11)13/h8H,6-7H2,1-5H3. The van der Waals surface area contributed by atoms with Crippen LogP contribution in [0.25, 0.3) is 0 Å². The van der Waals surface area contributed by atoms with E-state index in [1.807, 2.05) is 6.92 Å².